The van der Waals surface area contributed by atoms with E-state index in [0.717, 1.165) is 4.90 Å². The Balaban J connectivity index is 2.03. The number of aliphatic carboxylic acids is 3. The highest BCUT2D eigenvalue weighted by molar-refractivity contribution is 6.08. The van der Waals surface area contributed by atoms with Gasteiger partial charge in [-0.3, -0.25) is 48.1 Å². The normalized spacial score (nSPS) is 16.2. The molecule has 0 unspecified atom stereocenters. The van der Waals surface area contributed by atoms with Crippen LogP contribution in [0, 0.1) is 11.3 Å². The number of carboxylic acids is 3. The maximum Gasteiger partial charge on any atom is 0.306 e. The minimum atomic E-state index is -1.78. The zero-order valence-corrected chi connectivity index (χ0v) is 35.9. The van der Waals surface area contributed by atoms with Crippen LogP contribution in [0.3, 0.4) is 0 Å². The van der Waals surface area contributed by atoms with Gasteiger partial charge in [-0.1, -0.05) is 84.9 Å². The highest BCUT2D eigenvalue weighted by atomic mass is 16.4. The number of Topliss-reactive ketones (excluding diaryl/α,β-unsaturated/α-hetero) is 1. The Labute approximate surface area is 359 Å². The van der Waals surface area contributed by atoms with Crippen molar-refractivity contribution >= 4 is 58.9 Å². The SMILES string of the molecule is CC(C)N[C@@H](CCC(=O)O)C(=O)N[C@@H](CC(=O)O)C(=O)N[C@@H](Cc1ccccc1)C(=O)N[C@H]1Cc2ccc(O)cc2N([C@@H](CC(=O)O)C(=O)N[C@H](C(=O)C(C)C)C(C)(C)C)C1=O. The number of phenols is 1. The van der Waals surface area contributed by atoms with Gasteiger partial charge < -0.3 is 47.0 Å². The number of carbonyl (C=O) groups excluding carboxylic acids is 6. The summed E-state index contributed by atoms with van der Waals surface area (Å²) in [6, 6.07) is 3.20. The van der Waals surface area contributed by atoms with Crippen LogP contribution in [0.5, 0.6) is 5.75 Å². The van der Waals surface area contributed by atoms with E-state index >= 15 is 0 Å². The summed E-state index contributed by atoms with van der Waals surface area (Å²) in [5.74, 6) is -10.1. The van der Waals surface area contributed by atoms with E-state index in [1.54, 1.807) is 78.8 Å². The molecule has 19 nitrogen and oxygen atoms in total. The average Bonchev–Trinajstić information content (AvgIpc) is 3.16. The molecule has 0 aliphatic carbocycles. The van der Waals surface area contributed by atoms with Crippen molar-refractivity contribution in [1.29, 1.82) is 0 Å². The molecule has 2 aromatic rings. The molecule has 338 valence electrons. The molecular weight excluding hydrogens is 809 g/mol. The van der Waals surface area contributed by atoms with Crippen molar-refractivity contribution in [2.45, 2.75) is 129 Å². The van der Waals surface area contributed by atoms with E-state index in [9.17, 15) is 63.6 Å². The summed E-state index contributed by atoms with van der Waals surface area (Å²) in [5.41, 5.74) is 0.00352. The van der Waals surface area contributed by atoms with Gasteiger partial charge in [0, 0.05) is 37.3 Å². The lowest BCUT2D eigenvalue weighted by Crippen LogP contribution is -2.63. The number of phenolic OH excluding ortho intramolecular Hbond substituents is 1. The van der Waals surface area contributed by atoms with E-state index < -0.39 is 114 Å². The quantitative estimate of drug-likeness (QED) is 0.0806. The van der Waals surface area contributed by atoms with Crippen LogP contribution in [-0.2, 0) is 56.0 Å². The van der Waals surface area contributed by atoms with Crippen LogP contribution in [0.4, 0.5) is 5.69 Å². The summed E-state index contributed by atoms with van der Waals surface area (Å²) >= 11 is 0. The number of carbonyl (C=O) groups is 9. The maximum atomic E-state index is 14.5. The number of rotatable bonds is 22. The van der Waals surface area contributed by atoms with Crippen molar-refractivity contribution in [3.63, 3.8) is 0 Å². The first-order chi connectivity index (χ1) is 28.9. The number of aromatic hydroxyl groups is 1. The number of benzene rings is 2. The molecule has 0 saturated carbocycles. The largest absolute Gasteiger partial charge is 0.508 e. The van der Waals surface area contributed by atoms with E-state index in [-0.39, 0.29) is 42.5 Å². The van der Waals surface area contributed by atoms with Crippen LogP contribution in [0.15, 0.2) is 48.5 Å². The standard InChI is InChI=1S/C43H58N6O13/c1-22(2)36(57)37(43(5,6)7)48-41(61)32(21-35(55)56)49-31-19-26(50)14-13-25(31)18-30(42(49)62)47-39(59)28(17-24-11-9-8-10-12-24)45-40(60)29(20-34(53)54)46-38(58)27(44-23(3)4)15-16-33(51)52/h8-14,19,22-23,27-30,32,37,44,50H,15-18,20-21H2,1-7H3,(H,45,60)(H,46,58)(H,47,59)(H,48,61)(H,51,52)(H,53,54)(H,55,56)/t27-,28-,29-,30-,32-,37+/m0/s1. The summed E-state index contributed by atoms with van der Waals surface area (Å²) < 4.78 is 0. The summed E-state index contributed by atoms with van der Waals surface area (Å²) in [6.45, 7) is 11.8. The second-order valence-corrected chi connectivity index (χ2v) is 17.0. The van der Waals surface area contributed by atoms with Gasteiger partial charge in [-0.05, 0) is 29.0 Å². The van der Waals surface area contributed by atoms with Gasteiger partial charge in [-0.15, -0.1) is 0 Å². The molecule has 19 heteroatoms. The van der Waals surface area contributed by atoms with Crippen LogP contribution in [0.25, 0.3) is 0 Å². The molecule has 0 fully saturated rings. The Hall–Kier alpha value is -6.37. The lowest BCUT2D eigenvalue weighted by molar-refractivity contribution is -0.142. The van der Waals surface area contributed by atoms with Gasteiger partial charge in [0.2, 0.25) is 23.6 Å². The summed E-state index contributed by atoms with van der Waals surface area (Å²) in [5, 5.41) is 52.3. The second-order valence-electron chi connectivity index (χ2n) is 17.0. The zero-order valence-electron chi connectivity index (χ0n) is 35.9. The first kappa shape index (κ1) is 50.0. The fourth-order valence-corrected chi connectivity index (χ4v) is 6.95. The van der Waals surface area contributed by atoms with E-state index in [4.69, 9.17) is 0 Å². The topological polar surface area (TPSA) is 298 Å². The van der Waals surface area contributed by atoms with Crippen molar-refractivity contribution in [3.05, 3.63) is 59.7 Å². The molecule has 0 saturated heterocycles. The molecule has 6 atom stereocenters. The minimum absolute atomic E-state index is 0.0144. The molecule has 1 aliphatic rings. The third-order valence-corrected chi connectivity index (χ3v) is 10.0. The van der Waals surface area contributed by atoms with E-state index in [0.29, 0.717) is 11.1 Å². The third kappa shape index (κ3) is 14.4. The van der Waals surface area contributed by atoms with Crippen LogP contribution in [0.2, 0.25) is 0 Å². The molecule has 2 aromatic carbocycles. The van der Waals surface area contributed by atoms with E-state index in [2.05, 4.69) is 26.6 Å². The maximum absolute atomic E-state index is 14.5. The number of anilines is 1. The Morgan fingerprint density at radius 2 is 1.34 bits per heavy atom. The lowest BCUT2D eigenvalue weighted by Gasteiger charge is -2.40. The van der Waals surface area contributed by atoms with Crippen LogP contribution in [-0.4, -0.2) is 116 Å². The van der Waals surface area contributed by atoms with Crippen molar-refractivity contribution in [1.82, 2.24) is 26.6 Å². The number of ketones is 1. The predicted octanol–water partition coefficient (Wildman–Crippen LogP) is 1.28. The molecule has 5 amide bonds. The number of carboxylic acid groups (broad SMARTS) is 3. The molecule has 0 radical (unpaired) electrons. The monoisotopic (exact) mass is 866 g/mol. The summed E-state index contributed by atoms with van der Waals surface area (Å²) in [6.07, 6.45) is -2.86. The van der Waals surface area contributed by atoms with E-state index in [1.165, 1.54) is 18.2 Å². The Kier molecular flexibility index (Phi) is 17.7. The fourth-order valence-electron chi connectivity index (χ4n) is 6.95. The van der Waals surface area contributed by atoms with E-state index in [1.807, 2.05) is 0 Å². The second kappa shape index (κ2) is 21.9. The first-order valence-electron chi connectivity index (χ1n) is 20.2. The van der Waals surface area contributed by atoms with Crippen molar-refractivity contribution < 1.29 is 63.6 Å². The van der Waals surface area contributed by atoms with Crippen LogP contribution in [0.1, 0.15) is 85.3 Å². The Morgan fingerprint density at radius 3 is 1.89 bits per heavy atom. The van der Waals surface area contributed by atoms with Gasteiger partial charge in [0.15, 0.2) is 5.78 Å². The molecule has 0 spiro atoms. The van der Waals surface area contributed by atoms with Gasteiger partial charge >= 0.3 is 17.9 Å². The molecule has 1 heterocycles. The average molecular weight is 867 g/mol. The molecule has 0 aromatic heterocycles. The Morgan fingerprint density at radius 1 is 0.742 bits per heavy atom. The predicted molar refractivity (Wildman–Crippen MR) is 224 cm³/mol. The summed E-state index contributed by atoms with van der Waals surface area (Å²) in [4.78, 5) is 120. The number of hydrogen-bond donors (Lipinski definition) is 9. The number of amides is 5. The van der Waals surface area contributed by atoms with Crippen molar-refractivity contribution in [3.8, 4) is 5.75 Å². The van der Waals surface area contributed by atoms with Gasteiger partial charge in [0.1, 0.15) is 29.9 Å². The van der Waals surface area contributed by atoms with Gasteiger partial charge in [-0.25, -0.2) is 0 Å². The highest BCUT2D eigenvalue weighted by Gasteiger charge is 2.44. The molecule has 0 bridgehead atoms. The molecule has 3 rings (SSSR count). The number of fused-ring (bicyclic) bond motifs is 1. The van der Waals surface area contributed by atoms with Crippen molar-refractivity contribution in [2.75, 3.05) is 4.90 Å². The molecule has 1 aliphatic heterocycles. The molecular formula is C43H58N6O13. The highest BCUT2D eigenvalue weighted by Crippen LogP contribution is 2.34. The lowest BCUT2D eigenvalue weighted by atomic mass is 9.81. The zero-order chi connectivity index (χ0) is 46.6. The fraction of sp³-hybridized carbons (Fsp3) is 0.512. The van der Waals surface area contributed by atoms with Crippen molar-refractivity contribution in [2.24, 2.45) is 11.3 Å². The molecule has 62 heavy (non-hydrogen) atoms. The number of nitrogens with one attached hydrogen (secondary N) is 5. The third-order valence-electron chi connectivity index (χ3n) is 10.0. The first-order valence-corrected chi connectivity index (χ1v) is 20.2. The Bertz CT molecular complexity index is 2000. The van der Waals surface area contributed by atoms with Crippen LogP contribution >= 0.6 is 0 Å². The summed E-state index contributed by atoms with van der Waals surface area (Å²) in [7, 11) is 0. The minimum Gasteiger partial charge on any atom is -0.508 e. The van der Waals surface area contributed by atoms with Gasteiger partial charge in [0.25, 0.3) is 5.91 Å². The van der Waals surface area contributed by atoms with Gasteiger partial charge in [0.05, 0.1) is 30.6 Å². The van der Waals surface area contributed by atoms with Gasteiger partial charge in [-0.2, -0.15) is 0 Å². The number of hydrogen-bond acceptors (Lipinski definition) is 11. The number of nitrogens with zero attached hydrogens (tertiary/aromatic N) is 1. The smallest absolute Gasteiger partial charge is 0.306 e. The van der Waals surface area contributed by atoms with Crippen LogP contribution < -0.4 is 31.5 Å². The molecule has 9 N–H and O–H groups in total.